The summed E-state index contributed by atoms with van der Waals surface area (Å²) < 4.78 is 15.2. The first-order chi connectivity index (χ1) is 17.9. The minimum absolute atomic E-state index is 0.940. The van der Waals surface area contributed by atoms with E-state index >= 15 is 0 Å². The van der Waals surface area contributed by atoms with Crippen LogP contribution in [0, 0.1) is 13.8 Å². The van der Waals surface area contributed by atoms with Crippen LogP contribution < -0.4 is 0 Å². The molecule has 4 aromatic rings. The molecule has 2 nitrogen and oxygen atoms in total. The second-order valence-corrected chi connectivity index (χ2v) is 21.1. The fraction of sp³-hybridized carbons (Fsp3) is 0.294. The van der Waals surface area contributed by atoms with E-state index in [0.29, 0.717) is 0 Å². The fourth-order valence-corrected chi connectivity index (χ4v) is 7.96. The minimum Gasteiger partial charge on any atom is -0.401 e. The highest BCUT2D eigenvalue weighted by Gasteiger charge is 2.60. The topological polar surface area (TPSA) is 18.5 Å². The van der Waals surface area contributed by atoms with E-state index in [1.807, 2.05) is 0 Å². The molecule has 4 rings (SSSR count). The van der Waals surface area contributed by atoms with Crippen molar-refractivity contribution in [3.05, 3.63) is 143 Å². The third kappa shape index (κ3) is 5.64. The number of hydrogen-bond acceptors (Lipinski definition) is 2. The molecule has 0 N–H and O–H groups in total. The van der Waals surface area contributed by atoms with Gasteiger partial charge in [-0.05, 0) is 75.4 Å². The van der Waals surface area contributed by atoms with Gasteiger partial charge in [0.1, 0.15) is 11.2 Å². The van der Waals surface area contributed by atoms with E-state index in [0.717, 1.165) is 22.3 Å². The smallest absolute Gasteiger partial charge is 0.185 e. The molecule has 198 valence electrons. The number of aryl methyl sites for hydroxylation is 2. The van der Waals surface area contributed by atoms with Crippen molar-refractivity contribution in [3.8, 4) is 0 Å². The second-order valence-electron chi connectivity index (χ2n) is 12.3. The largest absolute Gasteiger partial charge is 0.401 e. The summed E-state index contributed by atoms with van der Waals surface area (Å²) in [4.78, 5) is 0. The molecular weight excluding hydrogens is 497 g/mol. The Labute approximate surface area is 231 Å². The first-order valence-corrected chi connectivity index (χ1v) is 20.3. The Morgan fingerprint density at radius 3 is 0.921 bits per heavy atom. The molecule has 0 fully saturated rings. The van der Waals surface area contributed by atoms with Gasteiger partial charge in [-0.2, -0.15) is 0 Å². The predicted octanol–water partition coefficient (Wildman–Crippen LogP) is 9.19. The minimum atomic E-state index is -2.20. The summed E-state index contributed by atoms with van der Waals surface area (Å²) in [5.41, 5.74) is 4.93. The van der Waals surface area contributed by atoms with E-state index in [4.69, 9.17) is 8.85 Å². The van der Waals surface area contributed by atoms with Crippen molar-refractivity contribution in [2.75, 3.05) is 0 Å². The van der Waals surface area contributed by atoms with Crippen molar-refractivity contribution < 1.29 is 8.85 Å². The molecule has 0 heterocycles. The van der Waals surface area contributed by atoms with Crippen molar-refractivity contribution in [1.29, 1.82) is 0 Å². The Morgan fingerprint density at radius 2 is 0.658 bits per heavy atom. The van der Waals surface area contributed by atoms with Crippen LogP contribution in [0.4, 0.5) is 0 Å². The van der Waals surface area contributed by atoms with Gasteiger partial charge in [0.15, 0.2) is 16.6 Å². The zero-order chi connectivity index (χ0) is 27.6. The summed E-state index contributed by atoms with van der Waals surface area (Å²) in [5, 5.41) is 0. The van der Waals surface area contributed by atoms with Gasteiger partial charge in [0.2, 0.25) is 0 Å². The molecule has 0 amide bonds. The number of benzene rings is 4. The van der Waals surface area contributed by atoms with Gasteiger partial charge in [-0.25, -0.2) is 0 Å². The maximum Gasteiger partial charge on any atom is 0.185 e. The van der Waals surface area contributed by atoms with E-state index in [2.05, 4.69) is 162 Å². The third-order valence-electron chi connectivity index (χ3n) is 6.69. The van der Waals surface area contributed by atoms with Crippen LogP contribution >= 0.6 is 0 Å². The Hall–Kier alpha value is -2.77. The van der Waals surface area contributed by atoms with E-state index in [9.17, 15) is 0 Å². The average Bonchev–Trinajstić information content (AvgIpc) is 2.87. The lowest BCUT2D eigenvalue weighted by Crippen LogP contribution is -2.60. The molecule has 0 bridgehead atoms. The molecule has 0 aliphatic rings. The van der Waals surface area contributed by atoms with Crippen LogP contribution in [0.15, 0.2) is 109 Å². The van der Waals surface area contributed by atoms with Crippen molar-refractivity contribution >= 4 is 16.6 Å². The fourth-order valence-electron chi connectivity index (χ4n) is 5.37. The van der Waals surface area contributed by atoms with Gasteiger partial charge in [0, 0.05) is 0 Å². The first kappa shape index (κ1) is 28.2. The zero-order valence-corrected chi connectivity index (χ0v) is 26.2. The highest BCUT2D eigenvalue weighted by Crippen LogP contribution is 2.56. The monoisotopic (exact) mass is 538 g/mol. The lowest BCUT2D eigenvalue weighted by atomic mass is 9.66. The van der Waals surface area contributed by atoms with Gasteiger partial charge in [-0.3, -0.25) is 0 Å². The van der Waals surface area contributed by atoms with Gasteiger partial charge >= 0.3 is 0 Å². The molecule has 0 saturated carbocycles. The third-order valence-corrected chi connectivity index (χ3v) is 8.53. The maximum atomic E-state index is 7.63. The van der Waals surface area contributed by atoms with Gasteiger partial charge in [-0.15, -0.1) is 0 Å². The number of hydrogen-bond donors (Lipinski definition) is 0. The van der Waals surface area contributed by atoms with E-state index in [-0.39, 0.29) is 0 Å². The number of rotatable bonds is 9. The molecule has 0 aliphatic carbocycles. The lowest BCUT2D eigenvalue weighted by Gasteiger charge is -2.55. The van der Waals surface area contributed by atoms with Crippen LogP contribution in [0.25, 0.3) is 0 Å². The SMILES string of the molecule is Cc1ccc(C(O[Si](C)(C)C)(c2ccc(C)cc2)C(O[Si](C)(C)C)(c2ccccc2)c2ccccc2)cc1. The van der Waals surface area contributed by atoms with Crippen molar-refractivity contribution in [2.24, 2.45) is 0 Å². The van der Waals surface area contributed by atoms with Crippen LogP contribution in [-0.2, 0) is 20.1 Å². The molecule has 0 saturated heterocycles. The van der Waals surface area contributed by atoms with Crippen molar-refractivity contribution in [1.82, 2.24) is 0 Å². The summed E-state index contributed by atoms with van der Waals surface area (Å²) in [6.07, 6.45) is 0. The second kappa shape index (κ2) is 10.8. The average molecular weight is 539 g/mol. The summed E-state index contributed by atoms with van der Waals surface area (Å²) in [6.45, 7) is 17.9. The molecule has 0 radical (unpaired) electrons. The van der Waals surface area contributed by atoms with E-state index < -0.39 is 27.8 Å². The lowest BCUT2D eigenvalue weighted by molar-refractivity contribution is -0.0880. The van der Waals surface area contributed by atoms with Gasteiger partial charge < -0.3 is 8.85 Å². The van der Waals surface area contributed by atoms with Gasteiger partial charge in [-0.1, -0.05) is 120 Å². The molecule has 0 aliphatic heterocycles. The van der Waals surface area contributed by atoms with Crippen molar-refractivity contribution in [3.63, 3.8) is 0 Å². The molecular formula is C34H42O2Si2. The van der Waals surface area contributed by atoms with Crippen LogP contribution in [0.1, 0.15) is 33.4 Å². The Kier molecular flexibility index (Phi) is 8.01. The highest BCUT2D eigenvalue weighted by molar-refractivity contribution is 6.70. The summed E-state index contributed by atoms with van der Waals surface area (Å²) >= 11 is 0. The Morgan fingerprint density at radius 1 is 0.395 bits per heavy atom. The standard InChI is InChI=1S/C34H42O2Si2/c1-27-19-23-31(24-20-27)34(36-38(6,7)8,32-25-21-28(2)22-26-32)33(35-37(3,4)5,29-15-11-9-12-16-29)30-17-13-10-14-18-30/h9-26H,1-8H3. The molecule has 0 atom stereocenters. The summed E-state index contributed by atoms with van der Waals surface area (Å²) in [7, 11) is -4.40. The first-order valence-electron chi connectivity index (χ1n) is 13.5. The Balaban J connectivity index is 2.29. The van der Waals surface area contributed by atoms with Crippen LogP contribution in [0.5, 0.6) is 0 Å². The maximum absolute atomic E-state index is 7.63. The molecule has 0 spiro atoms. The molecule has 4 heteroatoms. The van der Waals surface area contributed by atoms with E-state index in [1.165, 1.54) is 11.1 Å². The zero-order valence-electron chi connectivity index (χ0n) is 24.2. The highest BCUT2D eigenvalue weighted by atomic mass is 28.4. The van der Waals surface area contributed by atoms with Gasteiger partial charge in [0.25, 0.3) is 0 Å². The quantitative estimate of drug-likeness (QED) is 0.198. The van der Waals surface area contributed by atoms with Crippen LogP contribution in [-0.4, -0.2) is 16.6 Å². The molecule has 38 heavy (non-hydrogen) atoms. The summed E-state index contributed by atoms with van der Waals surface area (Å²) in [6, 6.07) is 39.2. The molecule has 0 unspecified atom stereocenters. The molecule has 4 aromatic carbocycles. The Bertz CT molecular complexity index is 1230. The molecule has 0 aromatic heterocycles. The van der Waals surface area contributed by atoms with Gasteiger partial charge in [0.05, 0.1) is 0 Å². The van der Waals surface area contributed by atoms with Crippen LogP contribution in [0.2, 0.25) is 39.3 Å². The predicted molar refractivity (Wildman–Crippen MR) is 166 cm³/mol. The van der Waals surface area contributed by atoms with Crippen LogP contribution in [0.3, 0.4) is 0 Å². The summed E-state index contributed by atoms with van der Waals surface area (Å²) in [5.74, 6) is 0. The van der Waals surface area contributed by atoms with E-state index in [1.54, 1.807) is 0 Å². The van der Waals surface area contributed by atoms with Crippen molar-refractivity contribution in [2.45, 2.75) is 64.3 Å². The normalized spacial score (nSPS) is 12.9.